The normalized spacial score (nSPS) is 15.2. The predicted molar refractivity (Wildman–Crippen MR) is 120 cm³/mol. The Morgan fingerprint density at radius 1 is 1.38 bits per heavy atom. The van der Waals surface area contributed by atoms with E-state index >= 15 is 0 Å². The number of rotatable bonds is 8. The van der Waals surface area contributed by atoms with Crippen molar-refractivity contribution in [1.82, 2.24) is 15.1 Å². The smallest absolute Gasteiger partial charge is 0.266 e. The Morgan fingerprint density at radius 3 is 2.93 bits per heavy atom. The van der Waals surface area contributed by atoms with Crippen LogP contribution in [0.4, 0.5) is 5.13 Å². The molecule has 1 N–H and O–H groups in total. The predicted octanol–water partition coefficient (Wildman–Crippen LogP) is 3.73. The molecule has 7 nitrogen and oxygen atoms in total. The van der Waals surface area contributed by atoms with Gasteiger partial charge >= 0.3 is 0 Å². The zero-order valence-corrected chi connectivity index (χ0v) is 18.5. The van der Waals surface area contributed by atoms with Gasteiger partial charge in [-0.1, -0.05) is 54.4 Å². The van der Waals surface area contributed by atoms with E-state index in [9.17, 15) is 9.59 Å². The molecule has 0 spiro atoms. The molecule has 2 aromatic rings. The molecular formula is C19H20N4O3S3. The molecule has 0 unspecified atom stereocenters. The molecule has 10 heteroatoms. The molecule has 0 aliphatic carbocycles. The first-order chi connectivity index (χ1) is 14.0. The molecule has 0 saturated carbocycles. The van der Waals surface area contributed by atoms with Crippen LogP contribution in [0, 0.1) is 0 Å². The number of methoxy groups -OCH3 is 1. The highest BCUT2D eigenvalue weighted by molar-refractivity contribution is 8.26. The third-order valence-electron chi connectivity index (χ3n) is 4.07. The molecule has 1 aliphatic rings. The highest BCUT2D eigenvalue weighted by Crippen LogP contribution is 2.33. The molecule has 1 aromatic heterocycles. The van der Waals surface area contributed by atoms with E-state index in [4.69, 9.17) is 17.0 Å². The van der Waals surface area contributed by atoms with Crippen LogP contribution in [0.1, 0.15) is 30.3 Å². The standard InChI is InChI=1S/C19H20N4O3S3/c1-3-16-21-22-18(29-16)20-15(24)8-5-9-23-17(25)14(28-19(23)27)11-12-6-4-7-13(10-12)26-2/h4,6-7,10-11H,3,5,8-9H2,1-2H3,(H,20,22,24)/b14-11-. The van der Waals surface area contributed by atoms with Crippen molar-refractivity contribution in [2.24, 2.45) is 0 Å². The number of anilines is 1. The first-order valence-corrected chi connectivity index (χ1v) is 11.1. The summed E-state index contributed by atoms with van der Waals surface area (Å²) in [4.78, 5) is 26.9. The molecule has 1 saturated heterocycles. The van der Waals surface area contributed by atoms with Crippen molar-refractivity contribution in [3.05, 3.63) is 39.7 Å². The van der Waals surface area contributed by atoms with E-state index in [1.165, 1.54) is 23.1 Å². The van der Waals surface area contributed by atoms with Gasteiger partial charge in [0.05, 0.1) is 12.0 Å². The Hall–Kier alpha value is -2.30. The molecule has 2 amide bonds. The van der Waals surface area contributed by atoms with Gasteiger partial charge in [0.1, 0.15) is 15.1 Å². The van der Waals surface area contributed by atoms with E-state index in [0.717, 1.165) is 22.7 Å². The topological polar surface area (TPSA) is 84.4 Å². The van der Waals surface area contributed by atoms with Crippen LogP contribution in [0.2, 0.25) is 0 Å². The maximum absolute atomic E-state index is 12.7. The number of nitrogens with one attached hydrogen (secondary N) is 1. The third-order valence-corrected chi connectivity index (χ3v) is 6.43. The van der Waals surface area contributed by atoms with Crippen LogP contribution in [-0.4, -0.2) is 44.9 Å². The summed E-state index contributed by atoms with van der Waals surface area (Å²) in [6, 6.07) is 7.47. The van der Waals surface area contributed by atoms with Gasteiger partial charge in [-0.15, -0.1) is 10.2 Å². The molecule has 0 bridgehead atoms. The Morgan fingerprint density at radius 2 is 2.21 bits per heavy atom. The number of benzene rings is 1. The summed E-state index contributed by atoms with van der Waals surface area (Å²) < 4.78 is 5.71. The minimum Gasteiger partial charge on any atom is -0.497 e. The fourth-order valence-electron chi connectivity index (χ4n) is 2.60. The number of ether oxygens (including phenoxy) is 1. The van der Waals surface area contributed by atoms with Crippen molar-refractivity contribution < 1.29 is 14.3 Å². The molecular weight excluding hydrogens is 428 g/mol. The van der Waals surface area contributed by atoms with Crippen LogP contribution in [0.3, 0.4) is 0 Å². The summed E-state index contributed by atoms with van der Waals surface area (Å²) in [6.45, 7) is 2.38. The van der Waals surface area contributed by atoms with Gasteiger partial charge in [-0.2, -0.15) is 0 Å². The van der Waals surface area contributed by atoms with Gasteiger partial charge in [0.25, 0.3) is 5.91 Å². The van der Waals surface area contributed by atoms with Crippen LogP contribution in [-0.2, 0) is 16.0 Å². The van der Waals surface area contributed by atoms with Crippen LogP contribution >= 0.6 is 35.3 Å². The molecule has 1 aliphatic heterocycles. The summed E-state index contributed by atoms with van der Waals surface area (Å²) in [6.07, 6.45) is 3.36. The van der Waals surface area contributed by atoms with Crippen molar-refractivity contribution in [3.63, 3.8) is 0 Å². The van der Waals surface area contributed by atoms with Gasteiger partial charge in [0.2, 0.25) is 11.0 Å². The van der Waals surface area contributed by atoms with Gasteiger partial charge in [0.15, 0.2) is 0 Å². The molecule has 0 radical (unpaired) electrons. The number of thiocarbonyl (C=S) groups is 1. The van der Waals surface area contributed by atoms with E-state index < -0.39 is 0 Å². The van der Waals surface area contributed by atoms with Crippen LogP contribution in [0.5, 0.6) is 5.75 Å². The van der Waals surface area contributed by atoms with Gasteiger partial charge in [-0.05, 0) is 36.6 Å². The van der Waals surface area contributed by atoms with Crippen molar-refractivity contribution in [3.8, 4) is 5.75 Å². The van der Waals surface area contributed by atoms with Crippen molar-refractivity contribution >= 4 is 62.7 Å². The number of aromatic nitrogens is 2. The molecule has 1 fully saturated rings. The van der Waals surface area contributed by atoms with Gasteiger partial charge in [-0.25, -0.2) is 0 Å². The second-order valence-electron chi connectivity index (χ2n) is 6.12. The number of carbonyl (C=O) groups is 2. The van der Waals surface area contributed by atoms with Crippen LogP contribution in [0.15, 0.2) is 29.2 Å². The van der Waals surface area contributed by atoms with Crippen LogP contribution < -0.4 is 10.1 Å². The minimum atomic E-state index is -0.152. The first-order valence-electron chi connectivity index (χ1n) is 9.01. The average molecular weight is 449 g/mol. The van der Waals surface area contributed by atoms with Gasteiger partial charge in [-0.3, -0.25) is 14.5 Å². The van der Waals surface area contributed by atoms with Crippen molar-refractivity contribution in [2.45, 2.75) is 26.2 Å². The van der Waals surface area contributed by atoms with E-state index in [0.29, 0.717) is 27.3 Å². The maximum atomic E-state index is 12.7. The minimum absolute atomic E-state index is 0.139. The lowest BCUT2D eigenvalue weighted by molar-refractivity contribution is -0.122. The van der Waals surface area contributed by atoms with Gasteiger partial charge < -0.3 is 10.1 Å². The zero-order valence-electron chi connectivity index (χ0n) is 16.0. The van der Waals surface area contributed by atoms with E-state index in [2.05, 4.69) is 15.5 Å². The van der Waals surface area contributed by atoms with Crippen molar-refractivity contribution in [2.75, 3.05) is 19.0 Å². The van der Waals surface area contributed by atoms with Gasteiger partial charge in [0, 0.05) is 13.0 Å². The van der Waals surface area contributed by atoms with Crippen LogP contribution in [0.25, 0.3) is 6.08 Å². The lowest BCUT2D eigenvalue weighted by atomic mass is 10.2. The molecule has 0 atom stereocenters. The lowest BCUT2D eigenvalue weighted by Crippen LogP contribution is -2.29. The largest absolute Gasteiger partial charge is 0.497 e. The highest BCUT2D eigenvalue weighted by atomic mass is 32.2. The van der Waals surface area contributed by atoms with E-state index in [1.807, 2.05) is 31.2 Å². The monoisotopic (exact) mass is 448 g/mol. The zero-order chi connectivity index (χ0) is 20.8. The molecule has 29 heavy (non-hydrogen) atoms. The number of amides is 2. The lowest BCUT2D eigenvalue weighted by Gasteiger charge is -2.13. The fraction of sp³-hybridized carbons (Fsp3) is 0.316. The number of nitrogens with zero attached hydrogens (tertiary/aromatic N) is 3. The Bertz CT molecular complexity index is 958. The molecule has 152 valence electrons. The maximum Gasteiger partial charge on any atom is 0.266 e. The SMILES string of the molecule is CCc1nnc(NC(=O)CCCN2C(=O)/C(=C/c3cccc(OC)c3)SC2=S)s1. The number of carbonyl (C=O) groups excluding carboxylic acids is 2. The quantitative estimate of drug-likeness (QED) is 0.486. The summed E-state index contributed by atoms with van der Waals surface area (Å²) in [5.41, 5.74) is 0.868. The summed E-state index contributed by atoms with van der Waals surface area (Å²) in [5.74, 6) is 0.433. The second kappa shape index (κ2) is 9.95. The summed E-state index contributed by atoms with van der Waals surface area (Å²) in [5, 5.41) is 12.0. The number of hydrogen-bond donors (Lipinski definition) is 1. The number of aryl methyl sites for hydroxylation is 1. The molecule has 1 aromatic carbocycles. The summed E-state index contributed by atoms with van der Waals surface area (Å²) >= 11 is 7.98. The molecule has 3 rings (SSSR count). The summed E-state index contributed by atoms with van der Waals surface area (Å²) in [7, 11) is 1.60. The number of hydrogen-bond acceptors (Lipinski definition) is 8. The van der Waals surface area contributed by atoms with Crippen molar-refractivity contribution in [1.29, 1.82) is 0 Å². The average Bonchev–Trinajstić information content (AvgIpc) is 3.27. The number of thioether (sulfide) groups is 1. The van der Waals surface area contributed by atoms with E-state index in [1.54, 1.807) is 18.1 Å². The Kier molecular flexibility index (Phi) is 7.34. The first kappa shape index (κ1) is 21.4. The fourth-order valence-corrected chi connectivity index (χ4v) is 4.61. The highest BCUT2D eigenvalue weighted by Gasteiger charge is 2.31. The molecule has 2 heterocycles. The third kappa shape index (κ3) is 5.62. The second-order valence-corrected chi connectivity index (χ2v) is 8.85. The Balaban J connectivity index is 1.53. The van der Waals surface area contributed by atoms with E-state index in [-0.39, 0.29) is 18.2 Å². The Labute approximate surface area is 182 Å².